The van der Waals surface area contributed by atoms with E-state index in [1.165, 1.54) is 0 Å². The number of rotatable bonds is 5. The number of halogens is 1. The number of ether oxygens (including phenoxy) is 1. The first-order valence-electron chi connectivity index (χ1n) is 4.25. The Bertz CT molecular complexity index is 287. The lowest BCUT2D eigenvalue weighted by atomic mass is 10.3. The standard InChI is InChI=1S/C10H11BrO3/c11-9(10(12)13)6-7-14-8-4-2-1-3-5-8/h1-5,9H,6-7H2,(H,12,13). The summed E-state index contributed by atoms with van der Waals surface area (Å²) in [5.41, 5.74) is 0. The first kappa shape index (κ1) is 11.0. The zero-order valence-corrected chi connectivity index (χ0v) is 9.11. The van der Waals surface area contributed by atoms with Gasteiger partial charge < -0.3 is 9.84 Å². The molecule has 1 N–H and O–H groups in total. The first-order chi connectivity index (χ1) is 6.70. The average molecular weight is 259 g/mol. The van der Waals surface area contributed by atoms with Gasteiger partial charge in [-0.05, 0) is 12.1 Å². The molecule has 0 heterocycles. The molecular weight excluding hydrogens is 248 g/mol. The van der Waals surface area contributed by atoms with Crippen molar-refractivity contribution in [3.8, 4) is 5.75 Å². The molecule has 0 fully saturated rings. The zero-order chi connectivity index (χ0) is 10.4. The minimum atomic E-state index is -0.860. The molecule has 1 unspecified atom stereocenters. The van der Waals surface area contributed by atoms with E-state index in [9.17, 15) is 4.79 Å². The summed E-state index contributed by atoms with van der Waals surface area (Å²) >= 11 is 3.04. The summed E-state index contributed by atoms with van der Waals surface area (Å²) in [6.45, 7) is 0.395. The second-order valence-corrected chi connectivity index (χ2v) is 3.86. The average Bonchev–Trinajstić information content (AvgIpc) is 2.19. The lowest BCUT2D eigenvalue weighted by Gasteiger charge is -2.06. The second-order valence-electron chi connectivity index (χ2n) is 2.76. The second kappa shape index (κ2) is 5.65. The van der Waals surface area contributed by atoms with Crippen molar-refractivity contribution in [3.63, 3.8) is 0 Å². The number of para-hydroxylation sites is 1. The number of alkyl halides is 1. The Morgan fingerprint density at radius 1 is 1.43 bits per heavy atom. The molecule has 0 spiro atoms. The van der Waals surface area contributed by atoms with Gasteiger partial charge in [0.05, 0.1) is 6.61 Å². The Labute approximate surface area is 90.8 Å². The Morgan fingerprint density at radius 3 is 2.64 bits per heavy atom. The van der Waals surface area contributed by atoms with E-state index in [0.717, 1.165) is 5.75 Å². The molecule has 4 heteroatoms. The molecule has 1 aromatic carbocycles. The van der Waals surface area contributed by atoms with Crippen LogP contribution in [-0.2, 0) is 4.79 Å². The molecule has 0 aliphatic heterocycles. The lowest BCUT2D eigenvalue weighted by molar-refractivity contribution is -0.136. The molecule has 1 rings (SSSR count). The monoisotopic (exact) mass is 258 g/mol. The number of benzene rings is 1. The van der Waals surface area contributed by atoms with Gasteiger partial charge in [-0.3, -0.25) is 4.79 Å². The molecule has 0 aromatic heterocycles. The number of carbonyl (C=O) groups is 1. The molecule has 76 valence electrons. The van der Waals surface area contributed by atoms with Crippen molar-refractivity contribution in [1.29, 1.82) is 0 Å². The maximum atomic E-state index is 10.4. The molecule has 0 amide bonds. The quantitative estimate of drug-likeness (QED) is 0.825. The normalized spacial score (nSPS) is 12.1. The van der Waals surface area contributed by atoms with Gasteiger partial charge in [0.25, 0.3) is 0 Å². The Hall–Kier alpha value is -1.03. The highest BCUT2D eigenvalue weighted by Gasteiger charge is 2.12. The van der Waals surface area contributed by atoms with Crippen LogP contribution in [0.1, 0.15) is 6.42 Å². The van der Waals surface area contributed by atoms with Crippen molar-refractivity contribution >= 4 is 21.9 Å². The fraction of sp³-hybridized carbons (Fsp3) is 0.300. The summed E-state index contributed by atoms with van der Waals surface area (Å²) in [4.78, 5) is 9.90. The number of hydrogen-bond donors (Lipinski definition) is 1. The van der Waals surface area contributed by atoms with Crippen molar-refractivity contribution in [2.24, 2.45) is 0 Å². The van der Waals surface area contributed by atoms with Crippen molar-refractivity contribution < 1.29 is 14.6 Å². The van der Waals surface area contributed by atoms with Crippen LogP contribution in [0.2, 0.25) is 0 Å². The Balaban J connectivity index is 2.26. The van der Waals surface area contributed by atoms with Gasteiger partial charge in [0.1, 0.15) is 10.6 Å². The van der Waals surface area contributed by atoms with Crippen LogP contribution >= 0.6 is 15.9 Å². The lowest BCUT2D eigenvalue weighted by Crippen LogP contribution is -2.15. The van der Waals surface area contributed by atoms with Gasteiger partial charge in [0.2, 0.25) is 0 Å². The maximum absolute atomic E-state index is 10.4. The summed E-state index contributed by atoms with van der Waals surface area (Å²) in [6, 6.07) is 9.32. The van der Waals surface area contributed by atoms with Gasteiger partial charge in [-0.1, -0.05) is 34.1 Å². The molecular formula is C10H11BrO3. The van der Waals surface area contributed by atoms with E-state index in [-0.39, 0.29) is 0 Å². The molecule has 14 heavy (non-hydrogen) atoms. The summed E-state index contributed by atoms with van der Waals surface area (Å²) in [7, 11) is 0. The molecule has 0 bridgehead atoms. The number of carboxylic acid groups (broad SMARTS) is 1. The Morgan fingerprint density at radius 2 is 2.07 bits per heavy atom. The van der Waals surface area contributed by atoms with Gasteiger partial charge in [-0.25, -0.2) is 0 Å². The first-order valence-corrected chi connectivity index (χ1v) is 5.16. The summed E-state index contributed by atoms with van der Waals surface area (Å²) in [5, 5.41) is 8.58. The van der Waals surface area contributed by atoms with Crippen LogP contribution in [0, 0.1) is 0 Å². The van der Waals surface area contributed by atoms with Gasteiger partial charge in [-0.2, -0.15) is 0 Å². The van der Waals surface area contributed by atoms with Crippen LogP contribution in [0.4, 0.5) is 0 Å². The third kappa shape index (κ3) is 3.79. The van der Waals surface area contributed by atoms with E-state index in [1.807, 2.05) is 30.3 Å². The van der Waals surface area contributed by atoms with Gasteiger partial charge in [-0.15, -0.1) is 0 Å². The SMILES string of the molecule is O=C(O)C(Br)CCOc1ccccc1. The summed E-state index contributed by atoms with van der Waals surface area (Å²) in [5.74, 6) is -0.0979. The van der Waals surface area contributed by atoms with Crippen LogP contribution in [-0.4, -0.2) is 22.5 Å². The predicted molar refractivity (Wildman–Crippen MR) is 56.9 cm³/mol. The highest BCUT2D eigenvalue weighted by Crippen LogP contribution is 2.11. The molecule has 0 saturated heterocycles. The van der Waals surface area contributed by atoms with E-state index in [1.54, 1.807) is 0 Å². The highest BCUT2D eigenvalue weighted by atomic mass is 79.9. The summed E-state index contributed by atoms with van der Waals surface area (Å²) in [6.07, 6.45) is 0.449. The van der Waals surface area contributed by atoms with Crippen LogP contribution in [0.5, 0.6) is 5.75 Å². The van der Waals surface area contributed by atoms with E-state index < -0.39 is 10.8 Å². The van der Waals surface area contributed by atoms with E-state index in [2.05, 4.69) is 15.9 Å². The van der Waals surface area contributed by atoms with Crippen LogP contribution in [0.3, 0.4) is 0 Å². The molecule has 0 aliphatic rings. The number of aliphatic carboxylic acids is 1. The highest BCUT2D eigenvalue weighted by molar-refractivity contribution is 9.10. The fourth-order valence-electron chi connectivity index (χ4n) is 0.920. The van der Waals surface area contributed by atoms with E-state index in [4.69, 9.17) is 9.84 Å². The minimum Gasteiger partial charge on any atom is -0.494 e. The maximum Gasteiger partial charge on any atom is 0.317 e. The minimum absolute atomic E-state index is 0.395. The predicted octanol–water partition coefficient (Wildman–Crippen LogP) is 2.30. The Kier molecular flexibility index (Phi) is 4.46. The van der Waals surface area contributed by atoms with Crippen LogP contribution in [0.15, 0.2) is 30.3 Å². The molecule has 0 radical (unpaired) electrons. The van der Waals surface area contributed by atoms with Crippen molar-refractivity contribution in [2.75, 3.05) is 6.61 Å². The molecule has 1 atom stereocenters. The van der Waals surface area contributed by atoms with E-state index in [0.29, 0.717) is 13.0 Å². The third-order valence-corrected chi connectivity index (χ3v) is 2.50. The molecule has 0 saturated carbocycles. The van der Waals surface area contributed by atoms with Gasteiger partial charge >= 0.3 is 5.97 Å². The van der Waals surface area contributed by atoms with E-state index >= 15 is 0 Å². The third-order valence-electron chi connectivity index (χ3n) is 1.65. The van der Waals surface area contributed by atoms with Crippen molar-refractivity contribution in [2.45, 2.75) is 11.2 Å². The van der Waals surface area contributed by atoms with Crippen molar-refractivity contribution in [3.05, 3.63) is 30.3 Å². The molecule has 3 nitrogen and oxygen atoms in total. The molecule has 1 aromatic rings. The number of hydrogen-bond acceptors (Lipinski definition) is 2. The van der Waals surface area contributed by atoms with Gasteiger partial charge in [0.15, 0.2) is 0 Å². The van der Waals surface area contributed by atoms with Gasteiger partial charge in [0, 0.05) is 6.42 Å². The fourth-order valence-corrected chi connectivity index (χ4v) is 1.11. The largest absolute Gasteiger partial charge is 0.494 e. The van der Waals surface area contributed by atoms with Crippen LogP contribution < -0.4 is 4.74 Å². The smallest absolute Gasteiger partial charge is 0.317 e. The topological polar surface area (TPSA) is 46.5 Å². The molecule has 0 aliphatic carbocycles. The zero-order valence-electron chi connectivity index (χ0n) is 7.52. The summed E-state index contributed by atoms with van der Waals surface area (Å²) < 4.78 is 5.33. The van der Waals surface area contributed by atoms with Crippen molar-refractivity contribution in [1.82, 2.24) is 0 Å². The van der Waals surface area contributed by atoms with Crippen LogP contribution in [0.25, 0.3) is 0 Å². The number of carboxylic acids is 1.